The van der Waals surface area contributed by atoms with Crippen molar-refractivity contribution in [3.05, 3.63) is 41.5 Å². The number of hydrogen-bond donors (Lipinski definition) is 0. The summed E-state index contributed by atoms with van der Waals surface area (Å²) in [6, 6.07) is 9.48. The Bertz CT molecular complexity index is 664. The number of piperidine rings is 2. The van der Waals surface area contributed by atoms with E-state index < -0.39 is 0 Å². The molecule has 3 aliphatic heterocycles. The highest BCUT2D eigenvalue weighted by molar-refractivity contribution is 5.93. The number of benzene rings is 1. The number of rotatable bonds is 1. The molecular formula is C21H29N2O+. The van der Waals surface area contributed by atoms with E-state index in [1.165, 1.54) is 43.4 Å². The van der Waals surface area contributed by atoms with Crippen LogP contribution in [0.4, 0.5) is 0 Å². The van der Waals surface area contributed by atoms with E-state index in [-0.39, 0.29) is 11.9 Å². The van der Waals surface area contributed by atoms with Crippen LogP contribution in [-0.2, 0) is 4.79 Å². The standard InChI is InChI=1S/C21H29N2O/c1-23(2)14-6-5-9-20(23)17-10-12-19-18-8-4-3-7-16(18)11-13-21(24)22(19)15-17/h3-4,7-8,11,13,17,19-20H,5-6,9-10,12,14-15H2,1-2H3/q+1. The second-order valence-corrected chi connectivity index (χ2v) is 8.37. The molecule has 3 unspecified atom stereocenters. The first kappa shape index (κ1) is 15.9. The average molecular weight is 325 g/mol. The van der Waals surface area contributed by atoms with Gasteiger partial charge in [0.1, 0.15) is 0 Å². The van der Waals surface area contributed by atoms with Gasteiger partial charge in [0.2, 0.25) is 5.91 Å². The van der Waals surface area contributed by atoms with Crippen LogP contribution in [0.1, 0.15) is 49.3 Å². The van der Waals surface area contributed by atoms with E-state index >= 15 is 0 Å². The van der Waals surface area contributed by atoms with Gasteiger partial charge >= 0.3 is 0 Å². The Morgan fingerprint density at radius 2 is 1.88 bits per heavy atom. The number of fused-ring (bicyclic) bond motifs is 3. The van der Waals surface area contributed by atoms with Gasteiger partial charge in [0.25, 0.3) is 0 Å². The fourth-order valence-corrected chi connectivity index (χ4v) is 5.30. The average Bonchev–Trinajstić information content (AvgIpc) is 2.72. The Labute approximate surface area is 145 Å². The van der Waals surface area contributed by atoms with Crippen molar-refractivity contribution in [3.63, 3.8) is 0 Å². The number of quaternary nitrogens is 1. The monoisotopic (exact) mass is 325 g/mol. The predicted octanol–water partition coefficient (Wildman–Crippen LogP) is 3.62. The van der Waals surface area contributed by atoms with Crippen molar-refractivity contribution in [1.29, 1.82) is 0 Å². The molecule has 2 saturated heterocycles. The maximum Gasteiger partial charge on any atom is 0.247 e. The Kier molecular flexibility index (Phi) is 4.00. The second kappa shape index (κ2) is 6.03. The largest absolute Gasteiger partial charge is 0.332 e. The summed E-state index contributed by atoms with van der Waals surface area (Å²) in [4.78, 5) is 14.9. The van der Waals surface area contributed by atoms with E-state index in [4.69, 9.17) is 0 Å². The molecule has 1 aromatic carbocycles. The van der Waals surface area contributed by atoms with Gasteiger partial charge in [-0.25, -0.2) is 0 Å². The second-order valence-electron chi connectivity index (χ2n) is 8.37. The third kappa shape index (κ3) is 2.69. The summed E-state index contributed by atoms with van der Waals surface area (Å²) < 4.78 is 1.13. The lowest BCUT2D eigenvalue weighted by atomic mass is 9.80. The van der Waals surface area contributed by atoms with Crippen LogP contribution in [0.3, 0.4) is 0 Å². The molecular weight excluding hydrogens is 296 g/mol. The Balaban J connectivity index is 1.61. The molecule has 3 nitrogen and oxygen atoms in total. The van der Waals surface area contributed by atoms with Gasteiger partial charge < -0.3 is 9.38 Å². The van der Waals surface area contributed by atoms with Crippen molar-refractivity contribution in [2.45, 2.75) is 44.2 Å². The predicted molar refractivity (Wildman–Crippen MR) is 97.3 cm³/mol. The zero-order valence-corrected chi connectivity index (χ0v) is 14.9. The van der Waals surface area contributed by atoms with Crippen LogP contribution in [0.5, 0.6) is 0 Å². The SMILES string of the molecule is C[N+]1(C)CCCCC1C1CCC2c3ccccc3C=CC(=O)N2C1. The summed E-state index contributed by atoms with van der Waals surface area (Å²) >= 11 is 0. The van der Waals surface area contributed by atoms with Crippen molar-refractivity contribution >= 4 is 12.0 Å². The molecule has 0 aliphatic carbocycles. The number of carbonyl (C=O) groups excluding carboxylic acids is 1. The molecule has 24 heavy (non-hydrogen) atoms. The third-order valence-electron chi connectivity index (χ3n) is 6.59. The molecule has 4 rings (SSSR count). The summed E-state index contributed by atoms with van der Waals surface area (Å²) in [6.07, 6.45) is 10.1. The minimum atomic E-state index is 0.196. The molecule has 0 N–H and O–H groups in total. The lowest BCUT2D eigenvalue weighted by Crippen LogP contribution is -2.58. The molecule has 3 heteroatoms. The van der Waals surface area contributed by atoms with E-state index in [9.17, 15) is 4.79 Å². The van der Waals surface area contributed by atoms with Gasteiger partial charge in [0.05, 0.1) is 32.7 Å². The lowest BCUT2D eigenvalue weighted by molar-refractivity contribution is -0.924. The third-order valence-corrected chi connectivity index (χ3v) is 6.59. The summed E-state index contributed by atoms with van der Waals surface area (Å²) in [5.74, 6) is 0.834. The number of amides is 1. The van der Waals surface area contributed by atoms with E-state index in [0.29, 0.717) is 12.0 Å². The Hall–Kier alpha value is -1.61. The molecule has 2 fully saturated rings. The van der Waals surface area contributed by atoms with E-state index in [1.807, 2.05) is 6.08 Å². The molecule has 0 aromatic heterocycles. The number of likely N-dealkylation sites (tertiary alicyclic amines) is 1. The van der Waals surface area contributed by atoms with E-state index in [0.717, 1.165) is 17.4 Å². The zero-order chi connectivity index (χ0) is 16.7. The molecule has 1 amide bonds. The quantitative estimate of drug-likeness (QED) is 0.722. The van der Waals surface area contributed by atoms with E-state index in [1.54, 1.807) is 6.08 Å². The molecule has 3 heterocycles. The van der Waals surface area contributed by atoms with Crippen LogP contribution >= 0.6 is 0 Å². The molecule has 0 saturated carbocycles. The topological polar surface area (TPSA) is 20.3 Å². The molecule has 3 aliphatic rings. The highest BCUT2D eigenvalue weighted by Gasteiger charge is 2.43. The van der Waals surface area contributed by atoms with Gasteiger partial charge in [0, 0.05) is 18.5 Å². The van der Waals surface area contributed by atoms with Crippen molar-refractivity contribution in [2.24, 2.45) is 5.92 Å². The van der Waals surface area contributed by atoms with E-state index in [2.05, 4.69) is 43.3 Å². The van der Waals surface area contributed by atoms with Gasteiger partial charge in [0.15, 0.2) is 0 Å². The van der Waals surface area contributed by atoms with Gasteiger partial charge in [-0.3, -0.25) is 4.79 Å². The summed E-state index contributed by atoms with van der Waals surface area (Å²) in [6.45, 7) is 2.20. The van der Waals surface area contributed by atoms with Crippen molar-refractivity contribution in [1.82, 2.24) is 4.90 Å². The minimum Gasteiger partial charge on any atom is -0.332 e. The number of carbonyl (C=O) groups is 1. The van der Waals surface area contributed by atoms with Gasteiger partial charge in [-0.2, -0.15) is 0 Å². The van der Waals surface area contributed by atoms with Crippen molar-refractivity contribution in [2.75, 3.05) is 27.2 Å². The Morgan fingerprint density at radius 1 is 1.04 bits per heavy atom. The van der Waals surface area contributed by atoms with Gasteiger partial charge in [-0.1, -0.05) is 24.3 Å². The smallest absolute Gasteiger partial charge is 0.247 e. The van der Waals surface area contributed by atoms with Crippen LogP contribution in [0, 0.1) is 5.92 Å². The number of hydrogen-bond acceptors (Lipinski definition) is 1. The van der Waals surface area contributed by atoms with Crippen LogP contribution in [0.2, 0.25) is 0 Å². The highest BCUT2D eigenvalue weighted by Crippen LogP contribution is 2.41. The van der Waals surface area contributed by atoms with Crippen molar-refractivity contribution < 1.29 is 9.28 Å². The van der Waals surface area contributed by atoms with Crippen LogP contribution in [-0.4, -0.2) is 48.5 Å². The zero-order valence-electron chi connectivity index (χ0n) is 14.9. The fourth-order valence-electron chi connectivity index (χ4n) is 5.30. The molecule has 0 bridgehead atoms. The summed E-state index contributed by atoms with van der Waals surface area (Å²) in [5, 5.41) is 0. The van der Waals surface area contributed by atoms with Crippen molar-refractivity contribution in [3.8, 4) is 0 Å². The first-order chi connectivity index (χ1) is 11.6. The molecule has 0 spiro atoms. The molecule has 128 valence electrons. The van der Waals surface area contributed by atoms with Crippen LogP contribution < -0.4 is 0 Å². The fraction of sp³-hybridized carbons (Fsp3) is 0.571. The summed E-state index contributed by atoms with van der Waals surface area (Å²) in [5.41, 5.74) is 2.54. The minimum absolute atomic E-state index is 0.196. The Morgan fingerprint density at radius 3 is 2.71 bits per heavy atom. The first-order valence-electron chi connectivity index (χ1n) is 9.46. The van der Waals surface area contributed by atoms with Gasteiger partial charge in [-0.05, 0) is 49.3 Å². The highest BCUT2D eigenvalue weighted by atomic mass is 16.2. The molecule has 1 aromatic rings. The first-order valence-corrected chi connectivity index (χ1v) is 9.46. The summed E-state index contributed by atoms with van der Waals surface area (Å²) in [7, 11) is 4.77. The van der Waals surface area contributed by atoms with Crippen LogP contribution in [0.15, 0.2) is 30.3 Å². The molecule has 0 radical (unpaired) electrons. The number of nitrogens with zero attached hydrogens (tertiary/aromatic N) is 2. The maximum absolute atomic E-state index is 12.7. The maximum atomic E-state index is 12.7. The normalized spacial score (nSPS) is 32.0. The van der Waals surface area contributed by atoms with Gasteiger partial charge in [-0.15, -0.1) is 0 Å². The van der Waals surface area contributed by atoms with Crippen LogP contribution in [0.25, 0.3) is 6.08 Å². The lowest BCUT2D eigenvalue weighted by Gasteiger charge is -2.49. The molecule has 3 atom stereocenters.